The first-order valence-electron chi connectivity index (χ1n) is 12.4. The number of guanidine groups is 1. The predicted octanol–water partition coefficient (Wildman–Crippen LogP) is 3.52. The molecule has 13 nitrogen and oxygen atoms in total. The molecule has 2 saturated heterocycles. The van der Waals surface area contributed by atoms with Crippen LogP contribution in [0.25, 0.3) is 0 Å². The molecule has 1 unspecified atom stereocenters. The van der Waals surface area contributed by atoms with E-state index in [2.05, 4.69) is 25.8 Å². The summed E-state index contributed by atoms with van der Waals surface area (Å²) in [7, 11) is 0. The molecule has 3 heterocycles. The van der Waals surface area contributed by atoms with Gasteiger partial charge in [0.05, 0.1) is 12.1 Å². The number of nitrogens with one attached hydrogen (secondary N) is 2. The highest BCUT2D eigenvalue weighted by Crippen LogP contribution is 2.42. The van der Waals surface area contributed by atoms with Crippen LogP contribution >= 0.6 is 11.3 Å². The van der Waals surface area contributed by atoms with Crippen molar-refractivity contribution >= 4 is 35.5 Å². The molecule has 37 heavy (non-hydrogen) atoms. The molecule has 0 aromatic carbocycles. The van der Waals surface area contributed by atoms with Crippen molar-refractivity contribution in [2.24, 2.45) is 4.99 Å². The maximum absolute atomic E-state index is 12.3. The van der Waals surface area contributed by atoms with Crippen LogP contribution in [0.15, 0.2) is 4.99 Å². The Morgan fingerprint density at radius 3 is 2.35 bits per heavy atom. The van der Waals surface area contributed by atoms with Crippen molar-refractivity contribution in [1.29, 1.82) is 0 Å². The molecule has 3 fully saturated rings. The van der Waals surface area contributed by atoms with Crippen LogP contribution in [0.2, 0.25) is 0 Å². The number of carbonyl (C=O) groups excluding carboxylic acids is 3. The van der Waals surface area contributed by atoms with Crippen molar-refractivity contribution in [3.05, 3.63) is 10.0 Å². The Morgan fingerprint density at radius 1 is 1.05 bits per heavy atom. The second-order valence-electron chi connectivity index (χ2n) is 11.6. The molecule has 0 radical (unpaired) electrons. The number of fused-ring (bicyclic) bond motifs is 2. The number of amides is 4. The van der Waals surface area contributed by atoms with Gasteiger partial charge in [-0.25, -0.2) is 19.4 Å². The van der Waals surface area contributed by atoms with Crippen LogP contribution in [0, 0.1) is 0 Å². The molecule has 1 aliphatic carbocycles. The number of hydrogen-bond acceptors (Lipinski definition) is 9. The molecule has 2 aliphatic heterocycles. The standard InChI is InChI=1S/C23H35N7O6S/c1-22(2,3)35-19(31)25-18(26-20(32)36-23(4,5)6)24-13-9-12(10-13)16-27-28-17(37-16)15-8-7-14-11-29(15)21(33)30(14)34/h12-15,34H,7-11H2,1-6H3,(H2,24,25,26,31,32)/t12-,13+,14?,15-/m0/s1. The number of carbonyl (C=O) groups is 3. The molecule has 1 saturated carbocycles. The highest BCUT2D eigenvalue weighted by atomic mass is 32.1. The number of aromatic nitrogens is 2. The van der Waals surface area contributed by atoms with E-state index in [1.165, 1.54) is 11.3 Å². The smallest absolute Gasteiger partial charge is 0.437 e. The van der Waals surface area contributed by atoms with Crippen molar-refractivity contribution in [1.82, 2.24) is 30.8 Å². The van der Waals surface area contributed by atoms with Crippen molar-refractivity contribution < 1.29 is 29.1 Å². The van der Waals surface area contributed by atoms with Crippen LogP contribution in [0.5, 0.6) is 0 Å². The van der Waals surface area contributed by atoms with Gasteiger partial charge in [-0.1, -0.05) is 11.3 Å². The van der Waals surface area contributed by atoms with Crippen LogP contribution in [0.4, 0.5) is 14.4 Å². The van der Waals surface area contributed by atoms with Crippen molar-refractivity contribution in [2.45, 2.75) is 102 Å². The second kappa shape index (κ2) is 10.0. The summed E-state index contributed by atoms with van der Waals surface area (Å²) >= 11 is 1.48. The molecule has 3 N–H and O–H groups in total. The summed E-state index contributed by atoms with van der Waals surface area (Å²) in [5.41, 5.74) is -1.45. The van der Waals surface area contributed by atoms with Gasteiger partial charge in [-0.3, -0.25) is 10.5 Å². The van der Waals surface area contributed by atoms with E-state index in [-0.39, 0.29) is 36.0 Å². The van der Waals surface area contributed by atoms with Crippen LogP contribution < -0.4 is 10.6 Å². The third-order valence-electron chi connectivity index (χ3n) is 6.13. The first kappa shape index (κ1) is 27.0. The van der Waals surface area contributed by atoms with Gasteiger partial charge in [0.2, 0.25) is 5.96 Å². The summed E-state index contributed by atoms with van der Waals surface area (Å²) in [6.45, 7) is 10.9. The average Bonchev–Trinajstić information content (AvgIpc) is 3.28. The predicted molar refractivity (Wildman–Crippen MR) is 133 cm³/mol. The minimum absolute atomic E-state index is 0.0391. The SMILES string of the molecule is CC(C)(C)OC(=O)N=C(NC(=O)OC(C)(C)C)N[C@H]1C[C@@H](c2nnc([C@@H]3CCC4CN3C(=O)N4O)s2)C1. The first-order valence-corrected chi connectivity index (χ1v) is 13.2. The van der Waals surface area contributed by atoms with E-state index in [1.54, 1.807) is 46.4 Å². The number of hydroxylamine groups is 2. The molecule has 0 spiro atoms. The second-order valence-corrected chi connectivity index (χ2v) is 12.6. The van der Waals surface area contributed by atoms with Crippen molar-refractivity contribution in [2.75, 3.05) is 6.54 Å². The third-order valence-corrected chi connectivity index (χ3v) is 7.32. The highest BCUT2D eigenvalue weighted by molar-refractivity contribution is 7.11. The Bertz CT molecular complexity index is 1070. The molecular weight excluding hydrogens is 502 g/mol. The van der Waals surface area contributed by atoms with Crippen molar-refractivity contribution in [3.63, 3.8) is 0 Å². The fourth-order valence-electron chi connectivity index (χ4n) is 4.46. The van der Waals surface area contributed by atoms with Crippen LogP contribution in [-0.4, -0.2) is 79.4 Å². The van der Waals surface area contributed by atoms with Gasteiger partial charge in [-0.15, -0.1) is 15.2 Å². The summed E-state index contributed by atoms with van der Waals surface area (Å²) in [5.74, 6) is 0.107. The monoisotopic (exact) mass is 537 g/mol. The van der Waals surface area contributed by atoms with E-state index in [4.69, 9.17) is 9.47 Å². The van der Waals surface area contributed by atoms with Gasteiger partial charge in [0.15, 0.2) is 0 Å². The van der Waals surface area contributed by atoms with Gasteiger partial charge < -0.3 is 19.7 Å². The first-order chi connectivity index (χ1) is 17.2. The van der Waals surface area contributed by atoms with Gasteiger partial charge >= 0.3 is 18.2 Å². The summed E-state index contributed by atoms with van der Waals surface area (Å²) in [4.78, 5) is 42.4. The highest BCUT2D eigenvalue weighted by Gasteiger charge is 2.46. The summed E-state index contributed by atoms with van der Waals surface area (Å²) in [6, 6.07) is -0.773. The number of rotatable bonds is 3. The maximum atomic E-state index is 12.3. The van der Waals surface area contributed by atoms with E-state index in [0.29, 0.717) is 19.4 Å². The quantitative estimate of drug-likeness (QED) is 0.298. The molecule has 4 amide bonds. The molecule has 2 bridgehead atoms. The zero-order valence-corrected chi connectivity index (χ0v) is 22.8. The van der Waals surface area contributed by atoms with Gasteiger partial charge in [-0.2, -0.15) is 0 Å². The fraction of sp³-hybridized carbons (Fsp3) is 0.739. The van der Waals surface area contributed by atoms with Gasteiger partial charge in [0.25, 0.3) is 0 Å². The summed E-state index contributed by atoms with van der Waals surface area (Å²) in [6.07, 6.45) is 1.27. The number of nitrogens with zero attached hydrogens (tertiary/aromatic N) is 5. The number of aliphatic imine (C=N–C) groups is 1. The minimum atomic E-state index is -0.830. The molecule has 1 aromatic rings. The number of ether oxygens (including phenoxy) is 2. The number of alkyl carbamates (subject to hydrolysis) is 1. The molecular formula is C23H35N7O6S. The van der Waals surface area contributed by atoms with E-state index >= 15 is 0 Å². The Balaban J connectivity index is 1.36. The molecule has 2 atom stereocenters. The molecule has 1 aromatic heterocycles. The number of piperidine rings is 1. The van der Waals surface area contributed by atoms with E-state index in [1.807, 2.05) is 0 Å². The van der Waals surface area contributed by atoms with Crippen LogP contribution in [0.1, 0.15) is 89.2 Å². The lowest BCUT2D eigenvalue weighted by Gasteiger charge is -2.35. The van der Waals surface area contributed by atoms with Crippen LogP contribution in [-0.2, 0) is 9.47 Å². The molecule has 3 aliphatic rings. The maximum Gasteiger partial charge on any atom is 0.437 e. The van der Waals surface area contributed by atoms with Gasteiger partial charge in [0, 0.05) is 18.5 Å². The Hall–Kier alpha value is -3.00. The van der Waals surface area contributed by atoms with Gasteiger partial charge in [-0.05, 0) is 67.2 Å². The number of urea groups is 1. The zero-order chi connectivity index (χ0) is 27.1. The minimum Gasteiger partial charge on any atom is -0.444 e. The topological polar surface area (TPSA) is 159 Å². The van der Waals surface area contributed by atoms with Gasteiger partial charge in [0.1, 0.15) is 21.2 Å². The lowest BCUT2D eigenvalue weighted by molar-refractivity contribution is -0.0584. The van der Waals surface area contributed by atoms with Crippen LogP contribution in [0.3, 0.4) is 0 Å². The van der Waals surface area contributed by atoms with E-state index in [0.717, 1.165) is 27.9 Å². The lowest BCUT2D eigenvalue weighted by Crippen LogP contribution is -2.51. The fourth-order valence-corrected chi connectivity index (χ4v) is 5.57. The molecule has 4 rings (SSSR count). The summed E-state index contributed by atoms with van der Waals surface area (Å²) in [5, 5.41) is 26.7. The normalized spacial score (nSPS) is 26.0. The average molecular weight is 538 g/mol. The van der Waals surface area contributed by atoms with Crippen molar-refractivity contribution in [3.8, 4) is 0 Å². The van der Waals surface area contributed by atoms with E-state index < -0.39 is 23.4 Å². The zero-order valence-electron chi connectivity index (χ0n) is 22.0. The van der Waals surface area contributed by atoms with E-state index in [9.17, 15) is 19.6 Å². The third kappa shape index (κ3) is 6.66. The lowest BCUT2D eigenvalue weighted by atomic mass is 9.81. The Labute approximate surface area is 219 Å². The Morgan fingerprint density at radius 2 is 1.70 bits per heavy atom. The Kier molecular flexibility index (Phi) is 7.34. The largest absolute Gasteiger partial charge is 0.444 e. The summed E-state index contributed by atoms with van der Waals surface area (Å²) < 4.78 is 10.5. The molecule has 204 valence electrons. The number of hydrogen-bond donors (Lipinski definition) is 3. The molecule has 14 heteroatoms.